The standard InChI is InChI=1S/C8H14O3S/c1-6(9)7-2-4-8(5-3-7)12(10)11/h7-8,12H,2-5H2,1H3. The number of hydrogen-bond acceptors (Lipinski definition) is 3. The van der Waals surface area contributed by atoms with Gasteiger partial charge < -0.3 is 0 Å². The van der Waals surface area contributed by atoms with E-state index in [-0.39, 0.29) is 17.0 Å². The summed E-state index contributed by atoms with van der Waals surface area (Å²) in [7, 11) is -2.27. The fourth-order valence-electron chi connectivity index (χ4n) is 1.69. The zero-order chi connectivity index (χ0) is 9.14. The molecule has 0 N–H and O–H groups in total. The Morgan fingerprint density at radius 1 is 1.17 bits per heavy atom. The molecule has 1 rings (SSSR count). The second kappa shape index (κ2) is 4.03. The van der Waals surface area contributed by atoms with Crippen LogP contribution >= 0.6 is 0 Å². The van der Waals surface area contributed by atoms with E-state index in [1.165, 1.54) is 0 Å². The minimum absolute atomic E-state index is 0.121. The summed E-state index contributed by atoms with van der Waals surface area (Å²) in [5.41, 5.74) is 0. The molecule has 0 unspecified atom stereocenters. The summed E-state index contributed by atoms with van der Waals surface area (Å²) in [4.78, 5) is 10.9. The van der Waals surface area contributed by atoms with Crippen molar-refractivity contribution in [1.82, 2.24) is 0 Å². The minimum Gasteiger partial charge on any atom is -0.300 e. The van der Waals surface area contributed by atoms with Gasteiger partial charge in [-0.3, -0.25) is 4.79 Å². The molecule has 0 aliphatic heterocycles. The number of ketones is 1. The molecule has 12 heavy (non-hydrogen) atoms. The largest absolute Gasteiger partial charge is 0.300 e. The number of rotatable bonds is 2. The van der Waals surface area contributed by atoms with E-state index in [0.29, 0.717) is 12.8 Å². The van der Waals surface area contributed by atoms with Crippen LogP contribution in [0.15, 0.2) is 0 Å². The summed E-state index contributed by atoms with van der Waals surface area (Å²) in [5, 5.41) is -0.171. The molecule has 0 aromatic rings. The highest BCUT2D eigenvalue weighted by Gasteiger charge is 2.25. The molecule has 3 nitrogen and oxygen atoms in total. The molecule has 1 aliphatic rings. The second-order valence-corrected chi connectivity index (χ2v) is 4.70. The average Bonchev–Trinajstić information content (AvgIpc) is 2.04. The number of carbonyl (C=O) groups excluding carboxylic acids is 1. The van der Waals surface area contributed by atoms with Crippen LogP contribution in [0.2, 0.25) is 0 Å². The minimum atomic E-state index is -2.27. The van der Waals surface area contributed by atoms with E-state index in [2.05, 4.69) is 0 Å². The van der Waals surface area contributed by atoms with Crippen LogP contribution < -0.4 is 0 Å². The normalized spacial score (nSPS) is 30.5. The number of carbonyl (C=O) groups is 1. The molecule has 0 aromatic carbocycles. The van der Waals surface area contributed by atoms with Gasteiger partial charge in [0.15, 0.2) is 0 Å². The van der Waals surface area contributed by atoms with Gasteiger partial charge in [-0.15, -0.1) is 0 Å². The molecular weight excluding hydrogens is 176 g/mol. The Morgan fingerprint density at radius 3 is 2.00 bits per heavy atom. The molecule has 0 aromatic heterocycles. The first-order valence-electron chi connectivity index (χ1n) is 4.25. The summed E-state index contributed by atoms with van der Waals surface area (Å²) in [6.45, 7) is 1.59. The summed E-state index contributed by atoms with van der Waals surface area (Å²) in [6, 6.07) is 0. The van der Waals surface area contributed by atoms with Crippen molar-refractivity contribution < 1.29 is 13.2 Å². The Labute approximate surface area is 74.1 Å². The zero-order valence-electron chi connectivity index (χ0n) is 7.16. The van der Waals surface area contributed by atoms with Crippen LogP contribution in [0.3, 0.4) is 0 Å². The molecular formula is C8H14O3S. The Hall–Kier alpha value is -0.380. The predicted molar refractivity (Wildman–Crippen MR) is 46.7 cm³/mol. The Bertz CT molecular complexity index is 229. The van der Waals surface area contributed by atoms with Gasteiger partial charge in [-0.2, -0.15) is 0 Å². The van der Waals surface area contributed by atoms with Crippen LogP contribution in [0.5, 0.6) is 0 Å². The highest BCUT2D eigenvalue weighted by molar-refractivity contribution is 7.73. The van der Waals surface area contributed by atoms with Crippen molar-refractivity contribution in [3.63, 3.8) is 0 Å². The number of hydrogen-bond donors (Lipinski definition) is 1. The molecule has 0 saturated heterocycles. The first-order valence-corrected chi connectivity index (χ1v) is 5.50. The van der Waals surface area contributed by atoms with Gasteiger partial charge in [0.2, 0.25) is 0 Å². The van der Waals surface area contributed by atoms with Crippen molar-refractivity contribution in [1.29, 1.82) is 0 Å². The molecule has 4 heteroatoms. The topological polar surface area (TPSA) is 51.2 Å². The van der Waals surface area contributed by atoms with Gasteiger partial charge >= 0.3 is 0 Å². The van der Waals surface area contributed by atoms with Crippen molar-refractivity contribution in [2.45, 2.75) is 37.9 Å². The third-order valence-corrected chi connectivity index (χ3v) is 3.68. The van der Waals surface area contributed by atoms with Crippen LogP contribution in [-0.4, -0.2) is 19.5 Å². The summed E-state index contributed by atoms with van der Waals surface area (Å²) in [5.74, 6) is 0.325. The summed E-state index contributed by atoms with van der Waals surface area (Å²) in [6.07, 6.45) is 2.85. The molecule has 1 aliphatic carbocycles. The molecule has 1 fully saturated rings. The lowest BCUT2D eigenvalue weighted by molar-refractivity contribution is -0.121. The van der Waals surface area contributed by atoms with Crippen molar-refractivity contribution in [2.24, 2.45) is 5.92 Å². The van der Waals surface area contributed by atoms with Crippen molar-refractivity contribution >= 4 is 16.5 Å². The Balaban J connectivity index is 2.44. The maximum Gasteiger partial charge on any atom is 0.143 e. The van der Waals surface area contributed by atoms with E-state index in [1.54, 1.807) is 6.92 Å². The van der Waals surface area contributed by atoms with Crippen molar-refractivity contribution in [3.05, 3.63) is 0 Å². The van der Waals surface area contributed by atoms with Crippen LogP contribution in [0.4, 0.5) is 0 Å². The third-order valence-electron chi connectivity index (χ3n) is 2.57. The van der Waals surface area contributed by atoms with Crippen LogP contribution in [0, 0.1) is 5.92 Å². The fourth-order valence-corrected chi connectivity index (χ4v) is 2.41. The molecule has 0 amide bonds. The fraction of sp³-hybridized carbons (Fsp3) is 0.875. The molecule has 0 radical (unpaired) electrons. The maximum atomic E-state index is 10.9. The van der Waals surface area contributed by atoms with Gasteiger partial charge in [-0.1, -0.05) is 0 Å². The van der Waals surface area contributed by atoms with Crippen LogP contribution in [0.1, 0.15) is 32.6 Å². The first kappa shape index (κ1) is 9.71. The van der Waals surface area contributed by atoms with E-state index < -0.39 is 10.7 Å². The van der Waals surface area contributed by atoms with Gasteiger partial charge in [0.1, 0.15) is 16.5 Å². The van der Waals surface area contributed by atoms with Crippen molar-refractivity contribution in [2.75, 3.05) is 0 Å². The SMILES string of the molecule is CC(=O)C1CCC([SH](=O)=O)CC1. The Morgan fingerprint density at radius 2 is 1.67 bits per heavy atom. The highest BCUT2D eigenvalue weighted by Crippen LogP contribution is 2.26. The third kappa shape index (κ3) is 2.30. The first-order chi connectivity index (χ1) is 5.61. The van der Waals surface area contributed by atoms with Gasteiger partial charge in [0.05, 0.1) is 5.25 Å². The lowest BCUT2D eigenvalue weighted by atomic mass is 9.86. The van der Waals surface area contributed by atoms with E-state index in [9.17, 15) is 13.2 Å². The molecule has 0 bridgehead atoms. The van der Waals surface area contributed by atoms with Gasteiger partial charge in [-0.05, 0) is 32.6 Å². The van der Waals surface area contributed by atoms with Gasteiger partial charge in [-0.25, -0.2) is 8.42 Å². The summed E-state index contributed by atoms with van der Waals surface area (Å²) < 4.78 is 21.2. The number of Topliss-reactive ketones (excluding diaryl/α,β-unsaturated/α-hetero) is 1. The van der Waals surface area contributed by atoms with E-state index in [1.807, 2.05) is 0 Å². The second-order valence-electron chi connectivity index (χ2n) is 3.40. The van der Waals surface area contributed by atoms with Crippen LogP contribution in [-0.2, 0) is 15.5 Å². The summed E-state index contributed by atoms with van der Waals surface area (Å²) >= 11 is 0. The van der Waals surface area contributed by atoms with Gasteiger partial charge in [0, 0.05) is 5.92 Å². The molecule has 0 atom stereocenters. The average molecular weight is 190 g/mol. The highest BCUT2D eigenvalue weighted by atomic mass is 32.2. The smallest absolute Gasteiger partial charge is 0.143 e. The van der Waals surface area contributed by atoms with Crippen molar-refractivity contribution in [3.8, 4) is 0 Å². The molecule has 0 heterocycles. The quantitative estimate of drug-likeness (QED) is 0.654. The molecule has 0 spiro atoms. The predicted octanol–water partition coefficient (Wildman–Crippen LogP) is 0.746. The lowest BCUT2D eigenvalue weighted by Gasteiger charge is -2.22. The monoisotopic (exact) mass is 190 g/mol. The van der Waals surface area contributed by atoms with E-state index >= 15 is 0 Å². The van der Waals surface area contributed by atoms with Gasteiger partial charge in [0.25, 0.3) is 0 Å². The molecule has 1 saturated carbocycles. The Kier molecular flexibility index (Phi) is 3.26. The lowest BCUT2D eigenvalue weighted by Crippen LogP contribution is -2.23. The van der Waals surface area contributed by atoms with Crippen LogP contribution in [0.25, 0.3) is 0 Å². The van der Waals surface area contributed by atoms with E-state index in [4.69, 9.17) is 0 Å². The van der Waals surface area contributed by atoms with E-state index in [0.717, 1.165) is 12.8 Å². The zero-order valence-corrected chi connectivity index (χ0v) is 8.05. The molecule has 70 valence electrons. The maximum absolute atomic E-state index is 10.9. The number of thiol groups is 1.